The summed E-state index contributed by atoms with van der Waals surface area (Å²) in [4.78, 5) is 26.0. The first-order valence-corrected chi connectivity index (χ1v) is 9.08. The van der Waals surface area contributed by atoms with Crippen LogP contribution in [0, 0.1) is 0 Å². The second-order valence-corrected chi connectivity index (χ2v) is 6.49. The van der Waals surface area contributed by atoms with Gasteiger partial charge in [0.1, 0.15) is 5.75 Å². The minimum atomic E-state index is -0.312. The van der Waals surface area contributed by atoms with Crippen molar-refractivity contribution in [1.29, 1.82) is 0 Å². The molecule has 0 saturated carbocycles. The molecule has 2 aromatic carbocycles. The molecular formula is C22H27N3O3. The number of nitrogens with one attached hydrogen (secondary N) is 2. The van der Waals surface area contributed by atoms with Crippen LogP contribution in [0.5, 0.6) is 5.75 Å². The van der Waals surface area contributed by atoms with Crippen molar-refractivity contribution in [2.75, 3.05) is 34.3 Å². The fraction of sp³-hybridized carbons (Fsp3) is 0.273. The van der Waals surface area contributed by atoms with Gasteiger partial charge >= 0.3 is 0 Å². The molecule has 2 aromatic rings. The molecule has 0 bridgehead atoms. The van der Waals surface area contributed by atoms with Gasteiger partial charge in [-0.3, -0.25) is 9.59 Å². The van der Waals surface area contributed by atoms with Crippen LogP contribution in [0.15, 0.2) is 60.7 Å². The molecule has 28 heavy (non-hydrogen) atoms. The van der Waals surface area contributed by atoms with E-state index < -0.39 is 0 Å². The second kappa shape index (κ2) is 10.9. The molecule has 0 aromatic heterocycles. The standard InChI is InChI=1S/C22H27N3O3/c1-25(2)19(18-11-7-8-12-20(18)28-3)15-23-22(27)16-24-21(26)14-13-17-9-5-4-6-10-17/h4-14,19H,15-16H2,1-3H3,(H,23,27)(H,24,26)/b14-13+. The molecule has 0 aliphatic carbocycles. The smallest absolute Gasteiger partial charge is 0.244 e. The lowest BCUT2D eigenvalue weighted by Crippen LogP contribution is -2.40. The maximum atomic E-state index is 12.1. The Kier molecular flexibility index (Phi) is 8.24. The third kappa shape index (κ3) is 6.55. The number of likely N-dealkylation sites (N-methyl/N-ethyl adjacent to an activating group) is 1. The van der Waals surface area contributed by atoms with Crippen LogP contribution in [0.3, 0.4) is 0 Å². The maximum Gasteiger partial charge on any atom is 0.244 e. The molecule has 2 N–H and O–H groups in total. The van der Waals surface area contributed by atoms with Crippen LogP contribution in [0.25, 0.3) is 6.08 Å². The van der Waals surface area contributed by atoms with Crippen molar-refractivity contribution < 1.29 is 14.3 Å². The molecule has 0 fully saturated rings. The topological polar surface area (TPSA) is 70.7 Å². The monoisotopic (exact) mass is 381 g/mol. The number of rotatable bonds is 9. The van der Waals surface area contributed by atoms with E-state index in [2.05, 4.69) is 10.6 Å². The number of amides is 2. The van der Waals surface area contributed by atoms with Gasteiger partial charge in [0.2, 0.25) is 11.8 Å². The van der Waals surface area contributed by atoms with E-state index in [9.17, 15) is 9.59 Å². The van der Waals surface area contributed by atoms with Gasteiger partial charge in [0, 0.05) is 18.2 Å². The summed E-state index contributed by atoms with van der Waals surface area (Å²) >= 11 is 0. The number of methoxy groups -OCH3 is 1. The van der Waals surface area contributed by atoms with Gasteiger partial charge in [-0.05, 0) is 31.8 Å². The number of nitrogens with zero attached hydrogens (tertiary/aromatic N) is 1. The van der Waals surface area contributed by atoms with E-state index in [1.807, 2.05) is 73.6 Å². The quantitative estimate of drug-likeness (QED) is 0.654. The SMILES string of the molecule is COc1ccccc1C(CNC(=O)CNC(=O)/C=C/c1ccccc1)N(C)C. The maximum absolute atomic E-state index is 12.1. The summed E-state index contributed by atoms with van der Waals surface area (Å²) in [7, 11) is 5.52. The summed E-state index contributed by atoms with van der Waals surface area (Å²) < 4.78 is 5.42. The summed E-state index contributed by atoms with van der Waals surface area (Å²) in [6.45, 7) is 0.325. The van der Waals surface area contributed by atoms with Crippen LogP contribution in [0.4, 0.5) is 0 Å². The Morgan fingerprint density at radius 2 is 1.71 bits per heavy atom. The number of benzene rings is 2. The first-order chi connectivity index (χ1) is 13.5. The van der Waals surface area contributed by atoms with Gasteiger partial charge in [0.25, 0.3) is 0 Å². The zero-order chi connectivity index (χ0) is 20.4. The lowest BCUT2D eigenvalue weighted by Gasteiger charge is -2.26. The summed E-state index contributed by atoms with van der Waals surface area (Å²) in [6.07, 6.45) is 3.12. The minimum Gasteiger partial charge on any atom is -0.496 e. The van der Waals surface area contributed by atoms with Crippen molar-refractivity contribution in [3.05, 3.63) is 71.8 Å². The van der Waals surface area contributed by atoms with Crippen molar-refractivity contribution in [3.8, 4) is 5.75 Å². The van der Waals surface area contributed by atoms with E-state index in [1.165, 1.54) is 6.08 Å². The number of hydrogen-bond donors (Lipinski definition) is 2. The lowest BCUT2D eigenvalue weighted by atomic mass is 10.0. The number of ether oxygens (including phenoxy) is 1. The Hall–Kier alpha value is -3.12. The normalized spacial score (nSPS) is 12.0. The Labute approximate surface area is 166 Å². The highest BCUT2D eigenvalue weighted by Gasteiger charge is 2.19. The first-order valence-electron chi connectivity index (χ1n) is 9.08. The molecule has 0 saturated heterocycles. The van der Waals surface area contributed by atoms with Crippen LogP contribution in [0.1, 0.15) is 17.2 Å². The fourth-order valence-corrected chi connectivity index (χ4v) is 2.75. The van der Waals surface area contributed by atoms with Gasteiger partial charge in [-0.2, -0.15) is 0 Å². The van der Waals surface area contributed by atoms with Gasteiger partial charge in [0.05, 0.1) is 19.7 Å². The molecule has 0 spiro atoms. The van der Waals surface area contributed by atoms with Gasteiger partial charge in [0.15, 0.2) is 0 Å². The fourth-order valence-electron chi connectivity index (χ4n) is 2.75. The molecule has 1 atom stereocenters. The summed E-state index contributed by atoms with van der Waals surface area (Å²) in [6, 6.07) is 17.2. The average Bonchev–Trinajstić information content (AvgIpc) is 2.71. The molecule has 0 heterocycles. The van der Waals surface area contributed by atoms with Gasteiger partial charge in [-0.15, -0.1) is 0 Å². The predicted octanol–water partition coefficient (Wildman–Crippen LogP) is 2.24. The van der Waals surface area contributed by atoms with E-state index in [4.69, 9.17) is 4.74 Å². The molecular weight excluding hydrogens is 354 g/mol. The summed E-state index contributed by atoms with van der Waals surface area (Å²) in [5.74, 6) is 0.214. The zero-order valence-electron chi connectivity index (χ0n) is 16.5. The Morgan fingerprint density at radius 1 is 1.04 bits per heavy atom. The van der Waals surface area contributed by atoms with Crippen molar-refractivity contribution in [2.45, 2.75) is 6.04 Å². The van der Waals surface area contributed by atoms with Crippen LogP contribution in [-0.2, 0) is 9.59 Å². The van der Waals surface area contributed by atoms with Crippen LogP contribution in [-0.4, -0.2) is 51.0 Å². The average molecular weight is 381 g/mol. The third-order valence-electron chi connectivity index (χ3n) is 4.26. The number of para-hydroxylation sites is 1. The Balaban J connectivity index is 1.84. The van der Waals surface area contributed by atoms with Crippen molar-refractivity contribution in [2.24, 2.45) is 0 Å². The first kappa shape index (κ1) is 21.2. The highest BCUT2D eigenvalue weighted by atomic mass is 16.5. The van der Waals surface area contributed by atoms with Crippen molar-refractivity contribution in [3.63, 3.8) is 0 Å². The molecule has 6 heteroatoms. The highest BCUT2D eigenvalue weighted by Crippen LogP contribution is 2.27. The van der Waals surface area contributed by atoms with E-state index >= 15 is 0 Å². The van der Waals surface area contributed by atoms with Crippen molar-refractivity contribution >= 4 is 17.9 Å². The predicted molar refractivity (Wildman–Crippen MR) is 111 cm³/mol. The van der Waals surface area contributed by atoms with Crippen LogP contribution >= 0.6 is 0 Å². The molecule has 6 nitrogen and oxygen atoms in total. The molecule has 0 radical (unpaired) electrons. The molecule has 0 aliphatic heterocycles. The van der Waals surface area contributed by atoms with Crippen LogP contribution in [0.2, 0.25) is 0 Å². The van der Waals surface area contributed by atoms with Gasteiger partial charge in [-0.25, -0.2) is 0 Å². The number of carbonyl (C=O) groups is 2. The minimum absolute atomic E-state index is 0.0474. The Bertz CT molecular complexity index is 804. The van der Waals surface area contributed by atoms with Gasteiger partial charge in [-0.1, -0.05) is 48.5 Å². The Morgan fingerprint density at radius 3 is 2.39 bits per heavy atom. The lowest BCUT2D eigenvalue weighted by molar-refractivity contribution is -0.124. The third-order valence-corrected chi connectivity index (χ3v) is 4.26. The largest absolute Gasteiger partial charge is 0.496 e. The summed E-state index contributed by atoms with van der Waals surface area (Å²) in [5.41, 5.74) is 1.91. The second-order valence-electron chi connectivity index (χ2n) is 6.49. The van der Waals surface area contributed by atoms with Gasteiger partial charge < -0.3 is 20.3 Å². The number of hydrogen-bond acceptors (Lipinski definition) is 4. The molecule has 1 unspecified atom stereocenters. The zero-order valence-corrected chi connectivity index (χ0v) is 16.5. The van der Waals surface area contributed by atoms with E-state index in [1.54, 1.807) is 13.2 Å². The molecule has 148 valence electrons. The van der Waals surface area contributed by atoms with E-state index in [-0.39, 0.29) is 24.4 Å². The number of carbonyl (C=O) groups excluding carboxylic acids is 2. The molecule has 0 aliphatic rings. The van der Waals surface area contributed by atoms with E-state index in [0.29, 0.717) is 6.54 Å². The highest BCUT2D eigenvalue weighted by molar-refractivity contribution is 5.94. The summed E-state index contributed by atoms with van der Waals surface area (Å²) in [5, 5.41) is 5.46. The van der Waals surface area contributed by atoms with E-state index in [0.717, 1.165) is 16.9 Å². The van der Waals surface area contributed by atoms with Crippen molar-refractivity contribution in [1.82, 2.24) is 15.5 Å². The van der Waals surface area contributed by atoms with Crippen LogP contribution < -0.4 is 15.4 Å². The molecule has 2 rings (SSSR count). The molecule has 2 amide bonds.